The number of nitrogens with zero attached hydrogens (tertiary/aromatic N) is 2. The molecule has 0 spiro atoms. The second-order valence-corrected chi connectivity index (χ2v) is 9.98. The highest BCUT2D eigenvalue weighted by atomic mass is 32.2. The Morgan fingerprint density at radius 3 is 1.96 bits per heavy atom. The van der Waals surface area contributed by atoms with Crippen molar-refractivity contribution >= 4 is 23.2 Å². The van der Waals surface area contributed by atoms with Crippen LogP contribution in [0, 0.1) is 5.92 Å². The lowest BCUT2D eigenvalue weighted by Gasteiger charge is -2.34. The van der Waals surface area contributed by atoms with Crippen molar-refractivity contribution in [2.24, 2.45) is 10.3 Å². The van der Waals surface area contributed by atoms with E-state index in [2.05, 4.69) is 4.40 Å². The van der Waals surface area contributed by atoms with Crippen molar-refractivity contribution in [3.8, 4) is 0 Å². The number of hydrogen-bond donors (Lipinski definition) is 0. The summed E-state index contributed by atoms with van der Waals surface area (Å²) in [6.45, 7) is 10.2. The SMILES string of the molecule is CC(C)(C)OC(=O)N1CCC(/C(=N\[S@@+]([O-])C(C)(C)C)C(F)(F)F)CC1. The van der Waals surface area contributed by atoms with E-state index in [1.807, 2.05) is 0 Å². The van der Waals surface area contributed by atoms with Gasteiger partial charge in [0.25, 0.3) is 0 Å². The molecule has 1 rings (SSSR count). The third-order valence-corrected chi connectivity index (χ3v) is 4.94. The summed E-state index contributed by atoms with van der Waals surface area (Å²) in [6.07, 6.45) is -4.95. The molecule has 146 valence electrons. The quantitative estimate of drug-likeness (QED) is 0.532. The molecular formula is C16H27F3N2O3S. The molecule has 25 heavy (non-hydrogen) atoms. The molecule has 0 unspecified atom stereocenters. The topological polar surface area (TPSA) is 65.0 Å². The fraction of sp³-hybridized carbons (Fsp3) is 0.875. The summed E-state index contributed by atoms with van der Waals surface area (Å²) in [6, 6.07) is 0. The fourth-order valence-electron chi connectivity index (χ4n) is 2.25. The smallest absolute Gasteiger partial charge is 0.434 e. The third-order valence-electron chi connectivity index (χ3n) is 3.53. The normalized spacial score (nSPS) is 19.8. The zero-order valence-electron chi connectivity index (χ0n) is 15.6. The molecule has 5 nitrogen and oxygen atoms in total. The van der Waals surface area contributed by atoms with Crippen LogP contribution >= 0.6 is 0 Å². The van der Waals surface area contributed by atoms with E-state index in [1.165, 1.54) is 4.90 Å². The molecule has 9 heteroatoms. The monoisotopic (exact) mass is 384 g/mol. The van der Waals surface area contributed by atoms with Crippen LogP contribution in [0.25, 0.3) is 0 Å². The Labute approximate surface area is 150 Å². The van der Waals surface area contributed by atoms with E-state index in [4.69, 9.17) is 4.74 Å². The second-order valence-electron chi connectivity index (χ2n) is 8.08. The average Bonchev–Trinajstić information content (AvgIpc) is 2.40. The van der Waals surface area contributed by atoms with Crippen LogP contribution in [0.2, 0.25) is 0 Å². The highest BCUT2D eigenvalue weighted by molar-refractivity contribution is 7.91. The van der Waals surface area contributed by atoms with Gasteiger partial charge in [-0.1, -0.05) is 4.40 Å². The Bertz CT molecular complexity index is 502. The van der Waals surface area contributed by atoms with Crippen molar-refractivity contribution in [2.45, 2.75) is 70.9 Å². The number of ether oxygens (including phenoxy) is 1. The van der Waals surface area contributed by atoms with Gasteiger partial charge in [0.1, 0.15) is 21.7 Å². The molecule has 0 bridgehead atoms. The van der Waals surface area contributed by atoms with Crippen molar-refractivity contribution in [1.29, 1.82) is 0 Å². The first kappa shape index (κ1) is 22.1. The van der Waals surface area contributed by atoms with E-state index in [0.717, 1.165) is 0 Å². The number of halogens is 3. The van der Waals surface area contributed by atoms with E-state index >= 15 is 0 Å². The van der Waals surface area contributed by atoms with Gasteiger partial charge < -0.3 is 14.2 Å². The number of alkyl halides is 3. The average molecular weight is 384 g/mol. The molecule has 0 aromatic heterocycles. The van der Waals surface area contributed by atoms with E-state index in [9.17, 15) is 22.5 Å². The summed E-state index contributed by atoms with van der Waals surface area (Å²) in [4.78, 5) is 13.4. The van der Waals surface area contributed by atoms with E-state index in [-0.39, 0.29) is 25.9 Å². The summed E-state index contributed by atoms with van der Waals surface area (Å²) in [7, 11) is 0. The minimum atomic E-state index is -4.64. The van der Waals surface area contributed by atoms with Gasteiger partial charge in [0.15, 0.2) is 5.71 Å². The number of carbonyl (C=O) groups is 1. The number of carbonyl (C=O) groups excluding carboxylic acids is 1. The van der Waals surface area contributed by atoms with Gasteiger partial charge in [-0.3, -0.25) is 0 Å². The Hall–Kier alpha value is -0.960. The van der Waals surface area contributed by atoms with Gasteiger partial charge in [0.05, 0.1) is 0 Å². The van der Waals surface area contributed by atoms with Crippen molar-refractivity contribution in [3.05, 3.63) is 0 Å². The predicted octanol–water partition coefficient (Wildman–Crippen LogP) is 4.10. The van der Waals surface area contributed by atoms with Gasteiger partial charge in [0.2, 0.25) is 0 Å². The lowest BCUT2D eigenvalue weighted by Crippen LogP contribution is -2.45. The summed E-state index contributed by atoms with van der Waals surface area (Å²) in [5.74, 6) is -0.870. The molecule has 0 aromatic rings. The number of hydrogen-bond acceptors (Lipinski definition) is 4. The minimum Gasteiger partial charge on any atom is -0.591 e. The molecule has 0 radical (unpaired) electrons. The van der Waals surface area contributed by atoms with Crippen LogP contribution in [0.4, 0.5) is 18.0 Å². The standard InChI is InChI=1S/C16H27F3N2O3S/c1-14(2,3)24-13(22)21-9-7-11(8-10-21)12(16(17,18)19)20-25(23)15(4,5)6/h11H,7-10H2,1-6H3/b20-12+/t25-/m0/s1. The van der Waals surface area contributed by atoms with Gasteiger partial charge in [0, 0.05) is 19.0 Å². The Kier molecular flexibility index (Phi) is 6.83. The highest BCUT2D eigenvalue weighted by Gasteiger charge is 2.45. The molecule has 1 saturated heterocycles. The zero-order valence-corrected chi connectivity index (χ0v) is 16.4. The van der Waals surface area contributed by atoms with Gasteiger partial charge in [-0.25, -0.2) is 4.79 Å². The molecule has 1 amide bonds. The second kappa shape index (κ2) is 7.73. The van der Waals surface area contributed by atoms with Crippen LogP contribution in [-0.4, -0.2) is 50.9 Å². The molecule has 1 atom stereocenters. The lowest BCUT2D eigenvalue weighted by atomic mass is 9.92. The van der Waals surface area contributed by atoms with Crippen LogP contribution in [0.5, 0.6) is 0 Å². The Morgan fingerprint density at radius 1 is 1.12 bits per heavy atom. The molecule has 0 aromatic carbocycles. The van der Waals surface area contributed by atoms with E-state index in [0.29, 0.717) is 0 Å². The minimum absolute atomic E-state index is 0.110. The molecule has 1 heterocycles. The van der Waals surface area contributed by atoms with Gasteiger partial charge in [-0.2, -0.15) is 13.2 Å². The van der Waals surface area contributed by atoms with Crippen molar-refractivity contribution < 1.29 is 27.3 Å². The number of likely N-dealkylation sites (tertiary alicyclic amines) is 1. The maximum Gasteiger partial charge on any atom is 0.434 e. The van der Waals surface area contributed by atoms with Crippen LogP contribution in [0.3, 0.4) is 0 Å². The maximum atomic E-state index is 13.4. The summed E-state index contributed by atoms with van der Waals surface area (Å²) in [5, 5.41) is 0. The van der Waals surface area contributed by atoms with Crippen molar-refractivity contribution in [3.63, 3.8) is 0 Å². The van der Waals surface area contributed by atoms with Gasteiger partial charge >= 0.3 is 12.3 Å². The van der Waals surface area contributed by atoms with E-state index in [1.54, 1.807) is 41.5 Å². The first-order valence-electron chi connectivity index (χ1n) is 8.17. The van der Waals surface area contributed by atoms with Crippen molar-refractivity contribution in [2.75, 3.05) is 13.1 Å². The summed E-state index contributed by atoms with van der Waals surface area (Å²) in [5.41, 5.74) is -1.65. The molecule has 0 aliphatic carbocycles. The Balaban J connectivity index is 2.83. The number of amides is 1. The molecular weight excluding hydrogens is 357 g/mol. The molecule has 1 fully saturated rings. The van der Waals surface area contributed by atoms with Gasteiger partial charge in [-0.05, 0) is 54.4 Å². The first-order valence-corrected chi connectivity index (χ1v) is 9.27. The number of piperidine rings is 1. The Morgan fingerprint density at radius 2 is 1.60 bits per heavy atom. The first-order chi connectivity index (χ1) is 11.1. The third kappa shape index (κ3) is 7.05. The van der Waals surface area contributed by atoms with E-state index < -0.39 is 45.6 Å². The highest BCUT2D eigenvalue weighted by Crippen LogP contribution is 2.32. The molecule has 1 aliphatic heterocycles. The molecule has 0 saturated carbocycles. The van der Waals surface area contributed by atoms with Crippen LogP contribution in [0.1, 0.15) is 54.4 Å². The van der Waals surface area contributed by atoms with Crippen LogP contribution < -0.4 is 0 Å². The lowest BCUT2D eigenvalue weighted by molar-refractivity contribution is -0.0640. The summed E-state index contributed by atoms with van der Waals surface area (Å²) >= 11 is -1.98. The van der Waals surface area contributed by atoms with Crippen LogP contribution in [-0.2, 0) is 16.1 Å². The van der Waals surface area contributed by atoms with Crippen LogP contribution in [0.15, 0.2) is 4.40 Å². The molecule has 0 N–H and O–H groups in total. The van der Waals surface area contributed by atoms with Crippen molar-refractivity contribution in [1.82, 2.24) is 4.90 Å². The predicted molar refractivity (Wildman–Crippen MR) is 91.9 cm³/mol. The number of rotatable bonds is 2. The fourth-order valence-corrected chi connectivity index (χ4v) is 2.95. The maximum absolute atomic E-state index is 13.4. The summed E-state index contributed by atoms with van der Waals surface area (Å²) < 4.78 is 60.0. The largest absolute Gasteiger partial charge is 0.591 e. The molecule has 1 aliphatic rings. The zero-order chi connectivity index (χ0) is 19.6. The van der Waals surface area contributed by atoms with Gasteiger partial charge in [-0.15, -0.1) is 0 Å².